The van der Waals surface area contributed by atoms with E-state index in [2.05, 4.69) is 17.1 Å². The summed E-state index contributed by atoms with van der Waals surface area (Å²) in [4.78, 5) is 4.57. The summed E-state index contributed by atoms with van der Waals surface area (Å²) in [5.74, 6) is 1.56. The van der Waals surface area contributed by atoms with Crippen molar-refractivity contribution in [3.63, 3.8) is 0 Å². The van der Waals surface area contributed by atoms with Crippen molar-refractivity contribution in [2.75, 3.05) is 5.73 Å². The fourth-order valence-electron chi connectivity index (χ4n) is 3.64. The van der Waals surface area contributed by atoms with Crippen LogP contribution in [0.4, 0.5) is 5.69 Å². The van der Waals surface area contributed by atoms with Crippen molar-refractivity contribution in [3.8, 4) is 5.75 Å². The summed E-state index contributed by atoms with van der Waals surface area (Å²) in [6.45, 7) is 1.98. The van der Waals surface area contributed by atoms with E-state index in [0.717, 1.165) is 28.0 Å². The molecule has 1 aromatic heterocycles. The lowest BCUT2D eigenvalue weighted by atomic mass is 9.83. The molecule has 3 nitrogen and oxygen atoms in total. The largest absolute Gasteiger partial charge is 0.489 e. The Hall–Kier alpha value is -1.77. The third-order valence-corrected chi connectivity index (χ3v) is 4.49. The molecule has 0 radical (unpaired) electrons. The van der Waals surface area contributed by atoms with E-state index in [0.29, 0.717) is 12.0 Å². The van der Waals surface area contributed by atoms with E-state index in [9.17, 15) is 0 Å². The Morgan fingerprint density at radius 2 is 2.11 bits per heavy atom. The number of rotatable bonds is 0. The van der Waals surface area contributed by atoms with Gasteiger partial charge in [0.15, 0.2) is 0 Å². The van der Waals surface area contributed by atoms with Gasteiger partial charge >= 0.3 is 0 Å². The molecule has 98 valence electrons. The lowest BCUT2D eigenvalue weighted by Crippen LogP contribution is -2.22. The monoisotopic (exact) mass is 254 g/mol. The molecule has 2 unspecified atom stereocenters. The number of nitrogens with zero attached hydrogens (tertiary/aromatic N) is 1. The van der Waals surface area contributed by atoms with Gasteiger partial charge in [-0.25, -0.2) is 0 Å². The van der Waals surface area contributed by atoms with Gasteiger partial charge in [0.05, 0.1) is 10.9 Å². The molecule has 2 atom stereocenters. The average molecular weight is 254 g/mol. The Kier molecular flexibility index (Phi) is 2.25. The van der Waals surface area contributed by atoms with E-state index in [-0.39, 0.29) is 0 Å². The highest BCUT2D eigenvalue weighted by Gasteiger charge is 2.37. The molecule has 3 heteroatoms. The second-order valence-electron chi connectivity index (χ2n) is 5.78. The smallest absolute Gasteiger partial charge is 0.134 e. The minimum absolute atomic E-state index is 0.357. The number of aryl methyl sites for hydroxylation is 1. The number of nitrogen functional groups attached to an aromatic ring is 1. The van der Waals surface area contributed by atoms with E-state index in [1.807, 2.05) is 13.0 Å². The van der Waals surface area contributed by atoms with Crippen molar-refractivity contribution < 1.29 is 4.74 Å². The van der Waals surface area contributed by atoms with Crippen LogP contribution in [0.15, 0.2) is 18.2 Å². The van der Waals surface area contributed by atoms with E-state index >= 15 is 0 Å². The van der Waals surface area contributed by atoms with Crippen LogP contribution < -0.4 is 10.5 Å². The van der Waals surface area contributed by atoms with Crippen molar-refractivity contribution >= 4 is 16.6 Å². The average Bonchev–Trinajstić information content (AvgIpc) is 2.76. The van der Waals surface area contributed by atoms with E-state index in [1.165, 1.54) is 31.2 Å². The van der Waals surface area contributed by atoms with Gasteiger partial charge in [0, 0.05) is 22.9 Å². The van der Waals surface area contributed by atoms with Gasteiger partial charge in [-0.05, 0) is 38.3 Å². The summed E-state index contributed by atoms with van der Waals surface area (Å²) in [7, 11) is 0. The Bertz CT molecular complexity index is 665. The highest BCUT2D eigenvalue weighted by Crippen LogP contribution is 2.49. The SMILES string of the molecule is Cc1cc(N)c2c3c(ccc2n1)C1CCCCC1O3. The zero-order chi connectivity index (χ0) is 13.0. The van der Waals surface area contributed by atoms with Gasteiger partial charge in [-0.15, -0.1) is 0 Å². The number of anilines is 1. The van der Waals surface area contributed by atoms with Gasteiger partial charge in [0.1, 0.15) is 11.9 Å². The van der Waals surface area contributed by atoms with E-state index in [1.54, 1.807) is 0 Å². The molecule has 1 aliphatic heterocycles. The zero-order valence-electron chi connectivity index (χ0n) is 11.1. The summed E-state index contributed by atoms with van der Waals surface area (Å²) >= 11 is 0. The molecule has 1 aromatic carbocycles. The first kappa shape index (κ1) is 11.1. The molecule has 0 bridgehead atoms. The molecule has 2 aliphatic rings. The van der Waals surface area contributed by atoms with E-state index < -0.39 is 0 Å². The second-order valence-corrected chi connectivity index (χ2v) is 5.78. The van der Waals surface area contributed by atoms with Crippen LogP contribution in [-0.4, -0.2) is 11.1 Å². The molecule has 19 heavy (non-hydrogen) atoms. The van der Waals surface area contributed by atoms with Gasteiger partial charge in [-0.2, -0.15) is 0 Å². The number of fused-ring (bicyclic) bond motifs is 5. The Morgan fingerprint density at radius 1 is 1.26 bits per heavy atom. The number of hydrogen-bond acceptors (Lipinski definition) is 3. The van der Waals surface area contributed by atoms with Crippen LogP contribution in [0.3, 0.4) is 0 Å². The molecule has 1 aliphatic carbocycles. The summed E-state index contributed by atoms with van der Waals surface area (Å²) in [5, 5.41) is 1.01. The Labute approximate surface area is 112 Å². The number of benzene rings is 1. The van der Waals surface area contributed by atoms with Crippen LogP contribution in [0.2, 0.25) is 0 Å². The molecule has 4 rings (SSSR count). The predicted octanol–water partition coefficient (Wildman–Crippen LogP) is 3.54. The summed E-state index contributed by atoms with van der Waals surface area (Å²) in [6.07, 6.45) is 5.35. The van der Waals surface area contributed by atoms with E-state index in [4.69, 9.17) is 10.5 Å². The maximum Gasteiger partial charge on any atom is 0.134 e. The van der Waals surface area contributed by atoms with Crippen LogP contribution in [0.5, 0.6) is 5.75 Å². The fourth-order valence-corrected chi connectivity index (χ4v) is 3.64. The van der Waals surface area contributed by atoms with Gasteiger partial charge in [-0.3, -0.25) is 4.98 Å². The molecule has 0 spiro atoms. The molecule has 1 saturated carbocycles. The lowest BCUT2D eigenvalue weighted by Gasteiger charge is -2.23. The number of hydrogen-bond donors (Lipinski definition) is 1. The van der Waals surface area contributed by atoms with Crippen LogP contribution in [-0.2, 0) is 0 Å². The van der Waals surface area contributed by atoms with Crippen LogP contribution in [0, 0.1) is 6.92 Å². The number of pyridine rings is 1. The lowest BCUT2D eigenvalue weighted by molar-refractivity contribution is 0.165. The number of nitrogens with two attached hydrogens (primary N) is 1. The third kappa shape index (κ3) is 1.54. The van der Waals surface area contributed by atoms with Gasteiger partial charge in [0.2, 0.25) is 0 Å². The van der Waals surface area contributed by atoms with Crippen molar-refractivity contribution in [2.24, 2.45) is 0 Å². The highest BCUT2D eigenvalue weighted by atomic mass is 16.5. The normalized spacial score (nSPS) is 24.9. The number of ether oxygens (including phenoxy) is 1. The standard InChI is InChI=1S/C16H18N2O/c1-9-8-12(17)15-13(18-9)7-6-11-10-4-2-3-5-14(10)19-16(11)15/h6-8,10,14H,2-5H2,1H3,(H2,17,18). The van der Waals surface area contributed by atoms with Crippen molar-refractivity contribution in [1.82, 2.24) is 4.98 Å². The predicted molar refractivity (Wildman–Crippen MR) is 76.5 cm³/mol. The molecule has 0 amide bonds. The first-order valence-corrected chi connectivity index (χ1v) is 7.10. The Morgan fingerprint density at radius 3 is 3.00 bits per heavy atom. The third-order valence-electron chi connectivity index (χ3n) is 4.49. The minimum Gasteiger partial charge on any atom is -0.489 e. The molecule has 2 N–H and O–H groups in total. The Balaban J connectivity index is 1.97. The van der Waals surface area contributed by atoms with Crippen molar-refractivity contribution in [3.05, 3.63) is 29.5 Å². The van der Waals surface area contributed by atoms with Gasteiger partial charge in [0.25, 0.3) is 0 Å². The molecular formula is C16H18N2O. The first-order valence-electron chi connectivity index (χ1n) is 7.10. The summed E-state index contributed by atoms with van der Waals surface area (Å²) in [5.41, 5.74) is 10.2. The molecular weight excluding hydrogens is 236 g/mol. The molecule has 2 aromatic rings. The van der Waals surface area contributed by atoms with Crippen LogP contribution in [0.1, 0.15) is 42.9 Å². The van der Waals surface area contributed by atoms with Crippen LogP contribution in [0.25, 0.3) is 10.9 Å². The van der Waals surface area contributed by atoms with Gasteiger partial charge in [-0.1, -0.05) is 12.5 Å². The number of aromatic nitrogens is 1. The summed E-state index contributed by atoms with van der Waals surface area (Å²) in [6, 6.07) is 6.23. The quantitative estimate of drug-likeness (QED) is 0.782. The molecule has 0 saturated heterocycles. The minimum atomic E-state index is 0.357. The maximum atomic E-state index is 6.22. The summed E-state index contributed by atoms with van der Waals surface area (Å²) < 4.78 is 6.22. The highest BCUT2D eigenvalue weighted by molar-refractivity contribution is 5.97. The second kappa shape index (κ2) is 3.86. The van der Waals surface area contributed by atoms with Crippen LogP contribution >= 0.6 is 0 Å². The van der Waals surface area contributed by atoms with Crippen molar-refractivity contribution in [2.45, 2.75) is 44.6 Å². The van der Waals surface area contributed by atoms with Gasteiger partial charge < -0.3 is 10.5 Å². The maximum absolute atomic E-state index is 6.22. The molecule has 1 fully saturated rings. The first-order chi connectivity index (χ1) is 9.24. The van der Waals surface area contributed by atoms with Crippen molar-refractivity contribution in [1.29, 1.82) is 0 Å². The zero-order valence-corrected chi connectivity index (χ0v) is 11.1. The fraction of sp³-hybridized carbons (Fsp3) is 0.438. The topological polar surface area (TPSA) is 48.1 Å². The molecule has 2 heterocycles.